The zero-order chi connectivity index (χ0) is 14.3. The Morgan fingerprint density at radius 2 is 2.21 bits per heavy atom. The number of amides is 1. The molecule has 0 aromatic carbocycles. The largest absolute Gasteiger partial charge is 0.481 e. The van der Waals surface area contributed by atoms with Crippen LogP contribution >= 0.6 is 0 Å². The minimum atomic E-state index is -0.834. The fourth-order valence-electron chi connectivity index (χ4n) is 2.02. The molecule has 0 radical (unpaired) electrons. The Bertz CT molecular complexity index is 310. The van der Waals surface area contributed by atoms with Crippen LogP contribution in [0.1, 0.15) is 13.3 Å². The van der Waals surface area contributed by atoms with Gasteiger partial charge in [0.05, 0.1) is 18.6 Å². The second-order valence-corrected chi connectivity index (χ2v) is 4.79. The molecule has 0 bridgehead atoms. The number of piperidine rings is 1. The van der Waals surface area contributed by atoms with Gasteiger partial charge in [0.1, 0.15) is 6.61 Å². The van der Waals surface area contributed by atoms with Gasteiger partial charge in [-0.2, -0.15) is 0 Å². The van der Waals surface area contributed by atoms with Gasteiger partial charge >= 0.3 is 5.97 Å². The number of methoxy groups -OCH3 is 1. The normalized spacial score (nSPS) is 24.7. The van der Waals surface area contributed by atoms with E-state index in [1.807, 2.05) is 6.92 Å². The molecule has 7 nitrogen and oxygen atoms in total. The summed E-state index contributed by atoms with van der Waals surface area (Å²) >= 11 is 0. The number of nitrogens with one attached hydrogen (secondary N) is 2. The quantitative estimate of drug-likeness (QED) is 0.563. The summed E-state index contributed by atoms with van der Waals surface area (Å²) < 4.78 is 10.3. The van der Waals surface area contributed by atoms with Crippen LogP contribution in [-0.4, -0.2) is 62.5 Å². The molecule has 1 amide bonds. The molecular weight excluding hydrogens is 252 g/mol. The molecule has 110 valence electrons. The molecule has 1 fully saturated rings. The third kappa shape index (κ3) is 6.00. The van der Waals surface area contributed by atoms with Gasteiger partial charge in [0.25, 0.3) is 0 Å². The van der Waals surface area contributed by atoms with Gasteiger partial charge < -0.3 is 25.2 Å². The lowest BCUT2D eigenvalue weighted by Gasteiger charge is -2.27. The Labute approximate surface area is 112 Å². The summed E-state index contributed by atoms with van der Waals surface area (Å²) in [7, 11) is 1.57. The maximum absolute atomic E-state index is 11.6. The molecule has 1 heterocycles. The fourth-order valence-corrected chi connectivity index (χ4v) is 2.02. The Balaban J connectivity index is 2.24. The molecule has 0 aromatic rings. The van der Waals surface area contributed by atoms with Crippen molar-refractivity contribution in [1.82, 2.24) is 10.6 Å². The molecule has 3 atom stereocenters. The van der Waals surface area contributed by atoms with Crippen molar-refractivity contribution in [1.29, 1.82) is 0 Å². The summed E-state index contributed by atoms with van der Waals surface area (Å²) in [5.41, 5.74) is 0. The highest BCUT2D eigenvalue weighted by Crippen LogP contribution is 2.13. The molecule has 1 rings (SSSR count). The van der Waals surface area contributed by atoms with E-state index in [2.05, 4.69) is 10.6 Å². The van der Waals surface area contributed by atoms with Gasteiger partial charge in [-0.3, -0.25) is 9.59 Å². The summed E-state index contributed by atoms with van der Waals surface area (Å²) in [4.78, 5) is 22.4. The van der Waals surface area contributed by atoms with Gasteiger partial charge in [-0.25, -0.2) is 0 Å². The molecule has 0 saturated carbocycles. The predicted octanol–water partition coefficient (Wildman–Crippen LogP) is -0.783. The van der Waals surface area contributed by atoms with Crippen LogP contribution in [0.5, 0.6) is 0 Å². The molecule has 1 aliphatic rings. The van der Waals surface area contributed by atoms with Crippen LogP contribution in [0.2, 0.25) is 0 Å². The van der Waals surface area contributed by atoms with E-state index < -0.39 is 11.9 Å². The van der Waals surface area contributed by atoms with Gasteiger partial charge in [-0.1, -0.05) is 0 Å². The Morgan fingerprint density at radius 1 is 1.47 bits per heavy atom. The highest BCUT2D eigenvalue weighted by Gasteiger charge is 2.27. The van der Waals surface area contributed by atoms with Crippen molar-refractivity contribution < 1.29 is 24.2 Å². The summed E-state index contributed by atoms with van der Waals surface area (Å²) in [6.07, 6.45) is 0.196. The first-order valence-corrected chi connectivity index (χ1v) is 6.36. The lowest BCUT2D eigenvalue weighted by Crippen LogP contribution is -2.45. The topological polar surface area (TPSA) is 96.9 Å². The fraction of sp³-hybridized carbons (Fsp3) is 0.833. The van der Waals surface area contributed by atoms with Crippen LogP contribution in [0.4, 0.5) is 0 Å². The second kappa shape index (κ2) is 8.08. The number of rotatable bonds is 7. The van der Waals surface area contributed by atoms with Crippen molar-refractivity contribution in [3.05, 3.63) is 0 Å². The van der Waals surface area contributed by atoms with Crippen LogP contribution in [0, 0.1) is 5.92 Å². The average Bonchev–Trinajstić information content (AvgIpc) is 2.37. The van der Waals surface area contributed by atoms with Crippen LogP contribution in [0.15, 0.2) is 0 Å². The van der Waals surface area contributed by atoms with Crippen molar-refractivity contribution in [3.8, 4) is 0 Å². The van der Waals surface area contributed by atoms with Gasteiger partial charge in [0.2, 0.25) is 5.91 Å². The zero-order valence-corrected chi connectivity index (χ0v) is 11.3. The predicted molar refractivity (Wildman–Crippen MR) is 67.8 cm³/mol. The molecule has 0 spiro atoms. The van der Waals surface area contributed by atoms with Crippen molar-refractivity contribution in [3.63, 3.8) is 0 Å². The van der Waals surface area contributed by atoms with Crippen LogP contribution in [-0.2, 0) is 19.1 Å². The summed E-state index contributed by atoms with van der Waals surface area (Å²) in [6, 6.07) is -0.0719. The monoisotopic (exact) mass is 274 g/mol. The molecule has 3 N–H and O–H groups in total. The molecule has 0 aromatic heterocycles. The number of carbonyl (C=O) groups is 2. The number of hydrogen-bond acceptors (Lipinski definition) is 5. The van der Waals surface area contributed by atoms with Gasteiger partial charge in [0, 0.05) is 26.2 Å². The van der Waals surface area contributed by atoms with Crippen molar-refractivity contribution in [2.45, 2.75) is 25.5 Å². The third-order valence-electron chi connectivity index (χ3n) is 2.93. The van der Waals surface area contributed by atoms with E-state index in [1.165, 1.54) is 0 Å². The standard InChI is InChI=1S/C12H22N2O5/c1-8(6-18-2)14-11(15)7-19-10-3-9(12(16)17)4-13-5-10/h8-10,13H,3-7H2,1-2H3,(H,14,15)(H,16,17). The van der Waals surface area contributed by atoms with E-state index in [9.17, 15) is 9.59 Å². The minimum Gasteiger partial charge on any atom is -0.481 e. The number of carboxylic acids is 1. The van der Waals surface area contributed by atoms with E-state index in [0.29, 0.717) is 26.1 Å². The summed E-state index contributed by atoms with van der Waals surface area (Å²) in [5.74, 6) is -1.50. The lowest BCUT2D eigenvalue weighted by molar-refractivity contribution is -0.144. The van der Waals surface area contributed by atoms with E-state index in [1.54, 1.807) is 7.11 Å². The molecular formula is C12H22N2O5. The lowest BCUT2D eigenvalue weighted by atomic mass is 9.98. The summed E-state index contributed by atoms with van der Waals surface area (Å²) in [5, 5.41) is 14.6. The Kier molecular flexibility index (Phi) is 6.75. The number of hydrogen-bond donors (Lipinski definition) is 3. The van der Waals surface area contributed by atoms with Crippen LogP contribution in [0.3, 0.4) is 0 Å². The Hall–Kier alpha value is -1.18. The molecule has 19 heavy (non-hydrogen) atoms. The first-order chi connectivity index (χ1) is 9.02. The second-order valence-electron chi connectivity index (χ2n) is 4.79. The van der Waals surface area contributed by atoms with Gasteiger partial charge in [-0.15, -0.1) is 0 Å². The van der Waals surface area contributed by atoms with Gasteiger partial charge in [-0.05, 0) is 13.3 Å². The SMILES string of the molecule is COCC(C)NC(=O)COC1CNCC(C(=O)O)C1. The van der Waals surface area contributed by atoms with E-state index in [-0.39, 0.29) is 24.7 Å². The number of carbonyl (C=O) groups excluding carboxylic acids is 1. The average molecular weight is 274 g/mol. The molecule has 7 heteroatoms. The molecule has 3 unspecified atom stereocenters. The van der Waals surface area contributed by atoms with E-state index in [4.69, 9.17) is 14.6 Å². The highest BCUT2D eigenvalue weighted by molar-refractivity contribution is 5.77. The van der Waals surface area contributed by atoms with Crippen molar-refractivity contribution in [2.75, 3.05) is 33.4 Å². The first-order valence-electron chi connectivity index (χ1n) is 6.36. The smallest absolute Gasteiger partial charge is 0.307 e. The zero-order valence-electron chi connectivity index (χ0n) is 11.3. The number of aliphatic carboxylic acids is 1. The molecule has 1 aliphatic heterocycles. The number of ether oxygens (including phenoxy) is 2. The number of carboxylic acid groups (broad SMARTS) is 1. The molecule has 1 saturated heterocycles. The van der Waals surface area contributed by atoms with Gasteiger partial charge in [0.15, 0.2) is 0 Å². The van der Waals surface area contributed by atoms with E-state index in [0.717, 1.165) is 0 Å². The summed E-state index contributed by atoms with van der Waals surface area (Å²) in [6.45, 7) is 3.24. The first kappa shape index (κ1) is 15.9. The maximum Gasteiger partial charge on any atom is 0.307 e. The highest BCUT2D eigenvalue weighted by atomic mass is 16.5. The third-order valence-corrected chi connectivity index (χ3v) is 2.93. The van der Waals surface area contributed by atoms with Crippen LogP contribution < -0.4 is 10.6 Å². The van der Waals surface area contributed by atoms with Crippen LogP contribution in [0.25, 0.3) is 0 Å². The van der Waals surface area contributed by atoms with E-state index >= 15 is 0 Å². The Morgan fingerprint density at radius 3 is 2.84 bits per heavy atom. The minimum absolute atomic E-state index is 0.0628. The maximum atomic E-state index is 11.6. The van der Waals surface area contributed by atoms with Crippen molar-refractivity contribution >= 4 is 11.9 Å². The van der Waals surface area contributed by atoms with Crippen molar-refractivity contribution in [2.24, 2.45) is 5.92 Å². The molecule has 0 aliphatic carbocycles.